The largest absolute Gasteiger partial charge is 0.321 e. The van der Waals surface area contributed by atoms with Crippen LogP contribution >= 0.6 is 11.8 Å². The van der Waals surface area contributed by atoms with Crippen molar-refractivity contribution in [1.82, 2.24) is 25.5 Å². The predicted molar refractivity (Wildman–Crippen MR) is 178 cm³/mol. The quantitative estimate of drug-likeness (QED) is 0.128. The first kappa shape index (κ1) is 29.3. The molecule has 5 aromatic carbocycles. The van der Waals surface area contributed by atoms with Gasteiger partial charge in [-0.2, -0.15) is 4.68 Å². The molecule has 2 N–H and O–H groups in total. The highest BCUT2D eigenvalue weighted by atomic mass is 32.2. The fourth-order valence-electron chi connectivity index (χ4n) is 4.59. The first-order chi connectivity index (χ1) is 22.1. The fourth-order valence-corrected chi connectivity index (χ4v) is 5.45. The average molecular weight is 609 g/mol. The third-order valence-electron chi connectivity index (χ3n) is 6.85. The minimum absolute atomic E-state index is 0.122. The van der Waals surface area contributed by atoms with Crippen molar-refractivity contribution in [3.05, 3.63) is 162 Å². The summed E-state index contributed by atoms with van der Waals surface area (Å²) in [4.78, 5) is 27.6. The van der Waals surface area contributed by atoms with Gasteiger partial charge in [-0.15, -0.1) is 16.9 Å². The number of carbonyl (C=O) groups excluding carboxylic acids is 2. The summed E-state index contributed by atoms with van der Waals surface area (Å²) in [5.74, 6) is 0.406. The Labute approximate surface area is 264 Å². The molecule has 6 aromatic rings. The van der Waals surface area contributed by atoms with Crippen LogP contribution in [0.3, 0.4) is 0 Å². The zero-order chi connectivity index (χ0) is 30.8. The van der Waals surface area contributed by atoms with E-state index < -0.39 is 5.91 Å². The van der Waals surface area contributed by atoms with Crippen molar-refractivity contribution in [1.29, 1.82) is 0 Å². The van der Waals surface area contributed by atoms with Gasteiger partial charge in [0, 0.05) is 16.1 Å². The number of nitrogens with zero attached hydrogens (tertiary/aromatic N) is 4. The van der Waals surface area contributed by atoms with Crippen LogP contribution in [-0.4, -0.2) is 32.0 Å². The van der Waals surface area contributed by atoms with Crippen LogP contribution < -0.4 is 10.6 Å². The molecule has 220 valence electrons. The number of carbonyl (C=O) groups is 2. The van der Waals surface area contributed by atoms with E-state index in [2.05, 4.69) is 26.2 Å². The molecule has 6 rings (SSSR count). The topological polar surface area (TPSA) is 102 Å². The van der Waals surface area contributed by atoms with E-state index in [9.17, 15) is 9.59 Å². The van der Waals surface area contributed by atoms with Gasteiger partial charge in [0.15, 0.2) is 5.82 Å². The molecule has 45 heavy (non-hydrogen) atoms. The molecule has 9 heteroatoms. The molecule has 2 amide bonds. The van der Waals surface area contributed by atoms with Crippen LogP contribution in [0.25, 0.3) is 22.9 Å². The molecule has 0 aliphatic rings. The SMILES string of the molecule is O=C(Nc1cccc(SCc2nnnn2-c2ccccc2)c1)/C(=C\c1ccc(-c2ccccc2)cc1)NC(=O)c1ccccc1. The van der Waals surface area contributed by atoms with Crippen LogP contribution in [0.2, 0.25) is 0 Å². The summed E-state index contributed by atoms with van der Waals surface area (Å²) in [6, 6.07) is 43.9. The lowest BCUT2D eigenvalue weighted by molar-refractivity contribution is -0.113. The molecule has 1 heterocycles. The second kappa shape index (κ2) is 14.1. The van der Waals surface area contributed by atoms with Gasteiger partial charge in [-0.05, 0) is 75.7 Å². The zero-order valence-corrected chi connectivity index (χ0v) is 24.9. The Morgan fingerprint density at radius 2 is 1.40 bits per heavy atom. The van der Waals surface area contributed by atoms with Gasteiger partial charge in [0.05, 0.1) is 11.4 Å². The van der Waals surface area contributed by atoms with E-state index in [1.165, 1.54) is 0 Å². The van der Waals surface area contributed by atoms with Crippen LogP contribution in [0.4, 0.5) is 5.69 Å². The molecular formula is C36H28N6O2S. The molecule has 1 aromatic heterocycles. The van der Waals surface area contributed by atoms with Crippen LogP contribution in [0, 0.1) is 0 Å². The zero-order valence-electron chi connectivity index (χ0n) is 24.1. The maximum atomic E-state index is 13.6. The smallest absolute Gasteiger partial charge is 0.272 e. The first-order valence-electron chi connectivity index (χ1n) is 14.2. The number of thioether (sulfide) groups is 1. The molecule has 0 bridgehead atoms. The van der Waals surface area contributed by atoms with Crippen LogP contribution in [-0.2, 0) is 10.5 Å². The number of anilines is 1. The van der Waals surface area contributed by atoms with Crippen LogP contribution in [0.1, 0.15) is 21.7 Å². The van der Waals surface area contributed by atoms with Crippen molar-refractivity contribution in [2.75, 3.05) is 5.32 Å². The highest BCUT2D eigenvalue weighted by Crippen LogP contribution is 2.26. The number of hydrogen-bond donors (Lipinski definition) is 2. The molecule has 0 atom stereocenters. The summed E-state index contributed by atoms with van der Waals surface area (Å²) in [6.45, 7) is 0. The van der Waals surface area contributed by atoms with Crippen molar-refractivity contribution in [2.24, 2.45) is 0 Å². The van der Waals surface area contributed by atoms with E-state index in [1.807, 2.05) is 109 Å². The van der Waals surface area contributed by atoms with Gasteiger partial charge in [-0.1, -0.05) is 97.1 Å². The summed E-state index contributed by atoms with van der Waals surface area (Å²) >= 11 is 1.55. The first-order valence-corrected chi connectivity index (χ1v) is 15.2. The van der Waals surface area contributed by atoms with Crippen molar-refractivity contribution in [2.45, 2.75) is 10.6 Å². The number of tetrazole rings is 1. The minimum Gasteiger partial charge on any atom is -0.321 e. The van der Waals surface area contributed by atoms with E-state index in [-0.39, 0.29) is 11.6 Å². The summed E-state index contributed by atoms with van der Waals surface area (Å²) in [5, 5.41) is 17.9. The maximum Gasteiger partial charge on any atom is 0.272 e. The molecule has 0 saturated heterocycles. The van der Waals surface area contributed by atoms with Crippen molar-refractivity contribution >= 4 is 35.3 Å². The molecule has 0 aliphatic heterocycles. The summed E-state index contributed by atoms with van der Waals surface area (Å²) in [7, 11) is 0. The molecule has 0 aliphatic carbocycles. The average Bonchev–Trinajstić information content (AvgIpc) is 3.57. The summed E-state index contributed by atoms with van der Waals surface area (Å²) < 4.78 is 1.71. The Bertz CT molecular complexity index is 1930. The van der Waals surface area contributed by atoms with E-state index in [1.54, 1.807) is 52.9 Å². The molecule has 0 spiro atoms. The van der Waals surface area contributed by atoms with Gasteiger partial charge in [0.25, 0.3) is 11.8 Å². The third-order valence-corrected chi connectivity index (χ3v) is 7.84. The Kier molecular flexibility index (Phi) is 9.18. The molecule has 0 radical (unpaired) electrons. The number of aromatic nitrogens is 4. The maximum absolute atomic E-state index is 13.6. The van der Waals surface area contributed by atoms with Gasteiger partial charge >= 0.3 is 0 Å². The second-order valence-corrected chi connectivity index (χ2v) is 11.0. The Hall–Kier alpha value is -5.80. The van der Waals surface area contributed by atoms with Crippen molar-refractivity contribution < 1.29 is 9.59 Å². The summed E-state index contributed by atoms with van der Waals surface area (Å²) in [6.07, 6.45) is 1.67. The lowest BCUT2D eigenvalue weighted by Gasteiger charge is -2.12. The number of benzene rings is 5. The number of hydrogen-bond acceptors (Lipinski definition) is 6. The van der Waals surface area contributed by atoms with Gasteiger partial charge in [-0.25, -0.2) is 0 Å². The predicted octanol–water partition coefficient (Wildman–Crippen LogP) is 7.03. The minimum atomic E-state index is -0.443. The van der Waals surface area contributed by atoms with E-state index in [4.69, 9.17) is 0 Å². The Morgan fingerprint density at radius 1 is 0.733 bits per heavy atom. The molecule has 0 fully saturated rings. The van der Waals surface area contributed by atoms with Gasteiger partial charge in [0.2, 0.25) is 0 Å². The lowest BCUT2D eigenvalue weighted by atomic mass is 10.0. The van der Waals surface area contributed by atoms with Crippen molar-refractivity contribution in [3.8, 4) is 16.8 Å². The van der Waals surface area contributed by atoms with E-state index in [0.717, 1.165) is 27.3 Å². The van der Waals surface area contributed by atoms with E-state index >= 15 is 0 Å². The summed E-state index contributed by atoms with van der Waals surface area (Å²) in [5.41, 5.74) is 4.96. The third kappa shape index (κ3) is 7.59. The molecule has 0 unspecified atom stereocenters. The van der Waals surface area contributed by atoms with Crippen LogP contribution in [0.15, 0.2) is 150 Å². The number of nitrogens with one attached hydrogen (secondary N) is 2. The Morgan fingerprint density at radius 3 is 2.13 bits per heavy atom. The molecular weight excluding hydrogens is 581 g/mol. The fraction of sp³-hybridized carbons (Fsp3) is 0.0278. The standard InChI is InChI=1S/C36H28N6O2S/c43-35(29-13-6-2-7-14-29)38-33(23-26-19-21-28(22-20-26)27-11-4-1-5-12-27)36(44)37-30-15-10-18-32(24-30)45-25-34-39-40-41-42(34)31-16-8-3-9-17-31/h1-24H,25H2,(H,37,44)(H,38,43)/b33-23+. The van der Waals surface area contributed by atoms with Crippen molar-refractivity contribution in [3.63, 3.8) is 0 Å². The Balaban J connectivity index is 1.19. The number of amides is 2. The molecule has 8 nitrogen and oxygen atoms in total. The highest BCUT2D eigenvalue weighted by molar-refractivity contribution is 7.98. The lowest BCUT2D eigenvalue weighted by Crippen LogP contribution is -2.30. The van der Waals surface area contributed by atoms with Gasteiger partial charge in [0.1, 0.15) is 5.70 Å². The van der Waals surface area contributed by atoms with E-state index in [0.29, 0.717) is 22.8 Å². The normalized spacial score (nSPS) is 11.2. The number of para-hydroxylation sites is 1. The van der Waals surface area contributed by atoms with Gasteiger partial charge < -0.3 is 10.6 Å². The second-order valence-electron chi connectivity index (χ2n) is 9.98. The van der Waals surface area contributed by atoms with Crippen LogP contribution in [0.5, 0.6) is 0 Å². The molecule has 0 saturated carbocycles. The highest BCUT2D eigenvalue weighted by Gasteiger charge is 2.16. The number of rotatable bonds is 10. The monoisotopic (exact) mass is 608 g/mol. The van der Waals surface area contributed by atoms with Gasteiger partial charge in [-0.3, -0.25) is 9.59 Å².